The first-order chi connectivity index (χ1) is 29.1. The molecule has 0 aromatic heterocycles. The van der Waals surface area contributed by atoms with Crippen molar-refractivity contribution in [3.05, 3.63) is 36.5 Å². The third-order valence-electron chi connectivity index (χ3n) is 11.3. The van der Waals surface area contributed by atoms with Gasteiger partial charge >= 0.3 is 0 Å². The molecule has 2 rings (SSSR count). The number of hydrogen-bond donors (Lipinski definition) is 9. The molecule has 0 saturated carbocycles. The zero-order valence-corrected chi connectivity index (χ0v) is 36.7. The van der Waals surface area contributed by atoms with Gasteiger partial charge in [0.15, 0.2) is 12.6 Å². The van der Waals surface area contributed by atoms with E-state index in [1.807, 2.05) is 6.08 Å². The third kappa shape index (κ3) is 21.5. The third-order valence-corrected chi connectivity index (χ3v) is 11.3. The lowest BCUT2D eigenvalue weighted by Crippen LogP contribution is -2.65. The largest absolute Gasteiger partial charge is 0.394 e. The summed E-state index contributed by atoms with van der Waals surface area (Å²) in [6.07, 6.45) is 19.1. The quantitative estimate of drug-likeness (QED) is 0.0315. The van der Waals surface area contributed by atoms with Crippen molar-refractivity contribution in [2.45, 2.75) is 229 Å². The Morgan fingerprint density at radius 3 is 1.68 bits per heavy atom. The molecule has 0 radical (unpaired) electrons. The van der Waals surface area contributed by atoms with Gasteiger partial charge in [0.1, 0.15) is 48.8 Å². The molecule has 350 valence electrons. The van der Waals surface area contributed by atoms with E-state index in [2.05, 4.69) is 43.5 Å². The average molecular weight is 858 g/mol. The standard InChI is InChI=1S/C46H83NO13/c1-3-5-7-9-11-13-15-16-17-18-19-20-22-24-26-28-30-38(51)47-34(35(50)29-27-25-23-21-14-12-10-8-6-4-2)33-57-45-43(56)41(54)44(37(32-49)59-45)60-46-42(55)40(53)39(52)36(31-48)58-46/h13,15,17-18,27,29,34-37,39-46,48-50,52-56H,3-12,14,16,19-26,28,30-33H2,1-2H3,(H,47,51)/b15-13-,18-17-,29-27+. The van der Waals surface area contributed by atoms with Crippen molar-refractivity contribution in [2.75, 3.05) is 19.8 Å². The predicted molar refractivity (Wildman–Crippen MR) is 231 cm³/mol. The van der Waals surface area contributed by atoms with Gasteiger partial charge in [-0.1, -0.05) is 134 Å². The van der Waals surface area contributed by atoms with Crippen LogP contribution in [-0.2, 0) is 23.7 Å². The lowest BCUT2D eigenvalue weighted by atomic mass is 9.97. The molecule has 2 saturated heterocycles. The fraction of sp³-hybridized carbons (Fsp3) is 0.848. The molecule has 0 bridgehead atoms. The molecule has 2 fully saturated rings. The van der Waals surface area contributed by atoms with E-state index in [9.17, 15) is 45.6 Å². The van der Waals surface area contributed by atoms with Gasteiger partial charge < -0.3 is 65.1 Å². The molecule has 14 nitrogen and oxygen atoms in total. The van der Waals surface area contributed by atoms with Crippen molar-refractivity contribution in [1.29, 1.82) is 0 Å². The number of rotatable bonds is 34. The van der Waals surface area contributed by atoms with Gasteiger partial charge in [-0.25, -0.2) is 0 Å². The molecule has 60 heavy (non-hydrogen) atoms. The SMILES string of the molecule is CCCCCC/C=C\C/C=C\CCCCCCCC(=O)NC(COC1OC(CO)C(OC2OC(CO)C(O)C(O)C2O)C(O)C1O)C(O)/C=C/CCCCCCCCCC. The van der Waals surface area contributed by atoms with E-state index in [4.69, 9.17) is 18.9 Å². The molecule has 0 aromatic rings. The molecule has 12 atom stereocenters. The van der Waals surface area contributed by atoms with Gasteiger partial charge in [0.05, 0.1) is 32.0 Å². The smallest absolute Gasteiger partial charge is 0.220 e. The highest BCUT2D eigenvalue weighted by molar-refractivity contribution is 5.76. The number of nitrogens with one attached hydrogen (secondary N) is 1. The van der Waals surface area contributed by atoms with E-state index < -0.39 is 86.8 Å². The Labute approximate surface area is 360 Å². The molecule has 2 aliphatic heterocycles. The maximum Gasteiger partial charge on any atom is 0.220 e. The molecule has 0 aromatic carbocycles. The van der Waals surface area contributed by atoms with E-state index in [0.29, 0.717) is 6.42 Å². The number of ether oxygens (including phenoxy) is 4. The van der Waals surface area contributed by atoms with Gasteiger partial charge in [-0.3, -0.25) is 4.79 Å². The summed E-state index contributed by atoms with van der Waals surface area (Å²) in [5, 5.41) is 86.4. The van der Waals surface area contributed by atoms with E-state index in [0.717, 1.165) is 64.2 Å². The monoisotopic (exact) mass is 858 g/mol. The van der Waals surface area contributed by atoms with Crippen LogP contribution in [0.1, 0.15) is 155 Å². The number of carbonyl (C=O) groups is 1. The first kappa shape index (κ1) is 54.3. The van der Waals surface area contributed by atoms with Gasteiger partial charge in [0.2, 0.25) is 5.91 Å². The maximum atomic E-state index is 13.1. The van der Waals surface area contributed by atoms with Crippen molar-refractivity contribution in [1.82, 2.24) is 5.32 Å². The van der Waals surface area contributed by atoms with Gasteiger partial charge in [-0.2, -0.15) is 0 Å². The van der Waals surface area contributed by atoms with Crippen molar-refractivity contribution in [2.24, 2.45) is 0 Å². The number of unbranched alkanes of at least 4 members (excludes halogenated alkanes) is 17. The number of carbonyl (C=O) groups excluding carboxylic acids is 1. The van der Waals surface area contributed by atoms with Crippen LogP contribution in [0.2, 0.25) is 0 Å². The highest BCUT2D eigenvalue weighted by atomic mass is 16.7. The van der Waals surface area contributed by atoms with Crippen LogP contribution in [0.15, 0.2) is 36.5 Å². The highest BCUT2D eigenvalue weighted by Gasteiger charge is 2.50. The minimum Gasteiger partial charge on any atom is -0.394 e. The fourth-order valence-corrected chi connectivity index (χ4v) is 7.44. The van der Waals surface area contributed by atoms with Crippen molar-refractivity contribution in [3.63, 3.8) is 0 Å². The summed E-state index contributed by atoms with van der Waals surface area (Å²) in [5.41, 5.74) is 0. The number of hydrogen-bond acceptors (Lipinski definition) is 13. The molecule has 9 N–H and O–H groups in total. The summed E-state index contributed by atoms with van der Waals surface area (Å²) in [4.78, 5) is 13.1. The molecule has 0 aliphatic carbocycles. The fourth-order valence-electron chi connectivity index (χ4n) is 7.44. The molecule has 1 amide bonds. The van der Waals surface area contributed by atoms with Gasteiger partial charge in [0.25, 0.3) is 0 Å². The second kappa shape index (κ2) is 33.7. The van der Waals surface area contributed by atoms with E-state index in [1.54, 1.807) is 6.08 Å². The maximum absolute atomic E-state index is 13.1. The molecular weight excluding hydrogens is 774 g/mol. The topological polar surface area (TPSA) is 228 Å². The van der Waals surface area contributed by atoms with Crippen LogP contribution in [0.25, 0.3) is 0 Å². The summed E-state index contributed by atoms with van der Waals surface area (Å²) in [5.74, 6) is -0.258. The molecule has 2 aliphatic rings. The Morgan fingerprint density at radius 1 is 0.600 bits per heavy atom. The minimum absolute atomic E-state index is 0.258. The van der Waals surface area contributed by atoms with Crippen LogP contribution < -0.4 is 5.32 Å². The van der Waals surface area contributed by atoms with Crippen LogP contribution in [0.4, 0.5) is 0 Å². The predicted octanol–water partition coefficient (Wildman–Crippen LogP) is 4.76. The van der Waals surface area contributed by atoms with Gasteiger partial charge in [-0.15, -0.1) is 0 Å². The van der Waals surface area contributed by atoms with E-state index in [-0.39, 0.29) is 18.9 Å². The molecule has 14 heteroatoms. The molecule has 2 heterocycles. The van der Waals surface area contributed by atoms with Crippen molar-refractivity contribution in [3.8, 4) is 0 Å². The van der Waals surface area contributed by atoms with Crippen molar-refractivity contribution >= 4 is 5.91 Å². The second-order valence-electron chi connectivity index (χ2n) is 16.5. The average Bonchev–Trinajstić information content (AvgIpc) is 3.24. The number of aliphatic hydroxyl groups is 8. The zero-order valence-electron chi connectivity index (χ0n) is 36.7. The van der Waals surface area contributed by atoms with Crippen LogP contribution in [0.3, 0.4) is 0 Å². The van der Waals surface area contributed by atoms with Gasteiger partial charge in [0, 0.05) is 6.42 Å². The lowest BCUT2D eigenvalue weighted by molar-refractivity contribution is -0.359. The second-order valence-corrected chi connectivity index (χ2v) is 16.5. The Bertz CT molecular complexity index is 1150. The number of aliphatic hydroxyl groups excluding tert-OH is 8. The van der Waals surface area contributed by atoms with Gasteiger partial charge in [-0.05, 0) is 51.4 Å². The van der Waals surface area contributed by atoms with E-state index in [1.165, 1.54) is 64.2 Å². The summed E-state index contributed by atoms with van der Waals surface area (Å²) in [7, 11) is 0. The highest BCUT2D eigenvalue weighted by Crippen LogP contribution is 2.30. The first-order valence-corrected chi connectivity index (χ1v) is 23.2. The Kier molecular flexibility index (Phi) is 30.5. The summed E-state index contributed by atoms with van der Waals surface area (Å²) >= 11 is 0. The first-order valence-electron chi connectivity index (χ1n) is 23.2. The zero-order chi connectivity index (χ0) is 44.0. The van der Waals surface area contributed by atoms with Crippen LogP contribution in [-0.4, -0.2) is 140 Å². The van der Waals surface area contributed by atoms with E-state index >= 15 is 0 Å². The summed E-state index contributed by atoms with van der Waals surface area (Å²) in [6, 6.07) is -0.918. The normalized spacial score (nSPS) is 28.6. The summed E-state index contributed by atoms with van der Waals surface area (Å²) in [6.45, 7) is 2.70. The molecule has 12 unspecified atom stereocenters. The number of amides is 1. The Hall–Kier alpha value is -1.79. The minimum atomic E-state index is -1.79. The Balaban J connectivity index is 1.89. The molecule has 0 spiro atoms. The lowest BCUT2D eigenvalue weighted by Gasteiger charge is -2.46. The Morgan fingerprint density at radius 2 is 1.10 bits per heavy atom. The van der Waals surface area contributed by atoms with Crippen LogP contribution >= 0.6 is 0 Å². The van der Waals surface area contributed by atoms with Crippen LogP contribution in [0, 0.1) is 0 Å². The van der Waals surface area contributed by atoms with Crippen LogP contribution in [0.5, 0.6) is 0 Å². The van der Waals surface area contributed by atoms with Crippen molar-refractivity contribution < 1.29 is 64.6 Å². The summed E-state index contributed by atoms with van der Waals surface area (Å²) < 4.78 is 22.6. The molecular formula is C46H83NO13. The number of allylic oxidation sites excluding steroid dienone is 5.